The molecule has 0 bridgehead atoms. The summed E-state index contributed by atoms with van der Waals surface area (Å²) in [6.07, 6.45) is 2.98. The van der Waals surface area contributed by atoms with Crippen LogP contribution >= 0.6 is 27.7 Å². The molecule has 0 aliphatic carbocycles. The molecule has 156 valence electrons. The molecule has 8 heteroatoms. The number of amidine groups is 1. The van der Waals surface area contributed by atoms with Crippen molar-refractivity contribution in [3.05, 3.63) is 64.8 Å². The third-order valence-corrected chi connectivity index (χ3v) is 6.69. The van der Waals surface area contributed by atoms with E-state index in [0.29, 0.717) is 16.7 Å². The van der Waals surface area contributed by atoms with Crippen LogP contribution in [0.15, 0.2) is 64.2 Å². The Morgan fingerprint density at radius 3 is 2.84 bits per heavy atom. The van der Waals surface area contributed by atoms with E-state index in [9.17, 15) is 4.79 Å². The van der Waals surface area contributed by atoms with Crippen LogP contribution in [0.5, 0.6) is 0 Å². The summed E-state index contributed by atoms with van der Waals surface area (Å²) >= 11 is 5.00. The monoisotopic (exact) mass is 493 g/mol. The van der Waals surface area contributed by atoms with E-state index in [1.165, 1.54) is 17.3 Å². The number of hydrogen-bond acceptors (Lipinski definition) is 4. The summed E-state index contributed by atoms with van der Waals surface area (Å²) in [6, 6.07) is 16.4. The highest BCUT2D eigenvalue weighted by Crippen LogP contribution is 2.35. The molecule has 0 atom stereocenters. The van der Waals surface area contributed by atoms with Crippen molar-refractivity contribution in [3.8, 4) is 16.9 Å². The Kier molecular flexibility index (Phi) is 5.19. The van der Waals surface area contributed by atoms with Crippen molar-refractivity contribution < 1.29 is 4.79 Å². The van der Waals surface area contributed by atoms with Crippen LogP contribution in [-0.2, 0) is 18.3 Å². The predicted molar refractivity (Wildman–Crippen MR) is 130 cm³/mol. The van der Waals surface area contributed by atoms with Crippen molar-refractivity contribution in [3.63, 3.8) is 0 Å². The molecule has 31 heavy (non-hydrogen) atoms. The first kappa shape index (κ1) is 20.1. The number of benzene rings is 2. The van der Waals surface area contributed by atoms with E-state index in [1.807, 2.05) is 36.0 Å². The zero-order valence-electron chi connectivity index (χ0n) is 17.1. The fraction of sp³-hybridized carbons (Fsp3) is 0.174. The number of para-hydroxylation sites is 1. The van der Waals surface area contributed by atoms with E-state index in [1.54, 1.807) is 0 Å². The van der Waals surface area contributed by atoms with Crippen molar-refractivity contribution in [2.45, 2.75) is 13.3 Å². The van der Waals surface area contributed by atoms with Gasteiger partial charge in [-0.15, -0.1) is 0 Å². The van der Waals surface area contributed by atoms with Gasteiger partial charge in [0.15, 0.2) is 11.0 Å². The van der Waals surface area contributed by atoms with Gasteiger partial charge in [0.05, 0.1) is 17.1 Å². The maximum absolute atomic E-state index is 11.7. The summed E-state index contributed by atoms with van der Waals surface area (Å²) in [5.74, 6) is 1.05. The SMILES string of the molecule is CCc1ccccc1-n1nc(-c2cn(C)c3ccc(Br)cc23)cc1N=C1NC(=O)CS1. The fourth-order valence-corrected chi connectivity index (χ4v) is 4.88. The van der Waals surface area contributed by atoms with Crippen LogP contribution in [0.3, 0.4) is 0 Å². The highest BCUT2D eigenvalue weighted by atomic mass is 79.9. The number of aryl methyl sites for hydroxylation is 2. The lowest BCUT2D eigenvalue weighted by Gasteiger charge is -2.09. The summed E-state index contributed by atoms with van der Waals surface area (Å²) in [7, 11) is 2.04. The van der Waals surface area contributed by atoms with Crippen molar-refractivity contribution in [1.29, 1.82) is 0 Å². The number of nitrogens with zero attached hydrogens (tertiary/aromatic N) is 4. The van der Waals surface area contributed by atoms with Crippen LogP contribution in [0.4, 0.5) is 5.82 Å². The fourth-order valence-electron chi connectivity index (χ4n) is 3.83. The summed E-state index contributed by atoms with van der Waals surface area (Å²) in [6.45, 7) is 2.13. The molecule has 4 aromatic rings. The summed E-state index contributed by atoms with van der Waals surface area (Å²) in [4.78, 5) is 16.4. The lowest BCUT2D eigenvalue weighted by Crippen LogP contribution is -2.20. The number of halogens is 1. The van der Waals surface area contributed by atoms with Gasteiger partial charge in [-0.2, -0.15) is 5.10 Å². The quantitative estimate of drug-likeness (QED) is 0.424. The third-order valence-electron chi connectivity index (χ3n) is 5.32. The van der Waals surface area contributed by atoms with Crippen LogP contribution in [0.2, 0.25) is 0 Å². The Morgan fingerprint density at radius 2 is 2.06 bits per heavy atom. The second-order valence-electron chi connectivity index (χ2n) is 7.35. The average molecular weight is 494 g/mol. The maximum Gasteiger partial charge on any atom is 0.236 e. The molecule has 1 aliphatic heterocycles. The number of hydrogen-bond donors (Lipinski definition) is 1. The van der Waals surface area contributed by atoms with E-state index in [-0.39, 0.29) is 5.91 Å². The summed E-state index contributed by atoms with van der Waals surface area (Å²) in [5, 5.41) is 9.52. The molecule has 3 heterocycles. The van der Waals surface area contributed by atoms with Crippen LogP contribution in [0.25, 0.3) is 27.8 Å². The first-order valence-corrected chi connectivity index (χ1v) is 11.8. The maximum atomic E-state index is 11.7. The minimum atomic E-state index is -0.0251. The molecule has 0 unspecified atom stereocenters. The second-order valence-corrected chi connectivity index (χ2v) is 9.23. The number of nitrogens with one attached hydrogen (secondary N) is 1. The second kappa shape index (κ2) is 8.01. The van der Waals surface area contributed by atoms with Gasteiger partial charge in [0, 0.05) is 40.2 Å². The zero-order chi connectivity index (χ0) is 21.5. The van der Waals surface area contributed by atoms with Crippen molar-refractivity contribution >= 4 is 55.5 Å². The van der Waals surface area contributed by atoms with Crippen LogP contribution < -0.4 is 5.32 Å². The number of carbonyl (C=O) groups excluding carboxylic acids is 1. The largest absolute Gasteiger partial charge is 0.350 e. The smallest absolute Gasteiger partial charge is 0.236 e. The molecule has 0 radical (unpaired) electrons. The molecule has 2 aromatic carbocycles. The molecule has 1 amide bonds. The van der Waals surface area contributed by atoms with Gasteiger partial charge in [-0.25, -0.2) is 9.67 Å². The molecule has 1 saturated heterocycles. The standard InChI is InChI=1S/C23H20BrN5OS/c1-3-14-6-4-5-7-19(14)29-21(25-23-26-22(30)13-31-23)11-18(27-29)17-12-28(2)20-9-8-15(24)10-16(17)20/h4-12H,3,13H2,1-2H3,(H,25,26,30). The van der Waals surface area contributed by atoms with E-state index in [0.717, 1.165) is 38.7 Å². The summed E-state index contributed by atoms with van der Waals surface area (Å²) < 4.78 is 5.01. The lowest BCUT2D eigenvalue weighted by atomic mass is 10.1. The third kappa shape index (κ3) is 3.70. The van der Waals surface area contributed by atoms with Gasteiger partial charge < -0.3 is 9.88 Å². The van der Waals surface area contributed by atoms with Crippen LogP contribution in [0, 0.1) is 0 Å². The highest BCUT2D eigenvalue weighted by molar-refractivity contribution is 9.10. The van der Waals surface area contributed by atoms with E-state index < -0.39 is 0 Å². The molecule has 0 saturated carbocycles. The normalized spacial score (nSPS) is 15.2. The van der Waals surface area contributed by atoms with E-state index in [2.05, 4.69) is 63.2 Å². The van der Waals surface area contributed by atoms with E-state index >= 15 is 0 Å². The molecular weight excluding hydrogens is 474 g/mol. The van der Waals surface area contributed by atoms with Crippen molar-refractivity contribution in [2.75, 3.05) is 5.75 Å². The molecular formula is C23H20BrN5OS. The summed E-state index contributed by atoms with van der Waals surface area (Å²) in [5.41, 5.74) is 5.18. The van der Waals surface area contributed by atoms with Gasteiger partial charge in [-0.3, -0.25) is 4.79 Å². The first-order chi connectivity index (χ1) is 15.0. The Morgan fingerprint density at radius 1 is 1.23 bits per heavy atom. The molecule has 1 aliphatic rings. The first-order valence-electron chi connectivity index (χ1n) is 9.98. The predicted octanol–water partition coefficient (Wildman–Crippen LogP) is 5.21. The number of rotatable bonds is 4. The topological polar surface area (TPSA) is 64.2 Å². The number of aliphatic imine (C=N–C) groups is 1. The Balaban J connectivity index is 1.72. The molecule has 2 aromatic heterocycles. The number of aromatic nitrogens is 3. The molecule has 5 rings (SSSR count). The molecule has 0 spiro atoms. The van der Waals surface area contributed by atoms with Gasteiger partial charge in [-0.1, -0.05) is 52.8 Å². The number of carbonyl (C=O) groups is 1. The molecule has 1 fully saturated rings. The Hall–Kier alpha value is -2.84. The van der Waals surface area contributed by atoms with Gasteiger partial charge in [0.25, 0.3) is 0 Å². The van der Waals surface area contributed by atoms with E-state index in [4.69, 9.17) is 10.1 Å². The molecule has 1 N–H and O–H groups in total. The number of amides is 1. The number of thioether (sulfide) groups is 1. The van der Waals surface area contributed by atoms with Crippen LogP contribution in [0.1, 0.15) is 12.5 Å². The zero-order valence-corrected chi connectivity index (χ0v) is 19.5. The Labute approximate surface area is 192 Å². The van der Waals surface area contributed by atoms with Gasteiger partial charge >= 0.3 is 0 Å². The van der Waals surface area contributed by atoms with Gasteiger partial charge in [0.2, 0.25) is 5.91 Å². The van der Waals surface area contributed by atoms with Crippen molar-refractivity contribution in [2.24, 2.45) is 12.0 Å². The highest BCUT2D eigenvalue weighted by Gasteiger charge is 2.20. The van der Waals surface area contributed by atoms with Gasteiger partial charge in [0.1, 0.15) is 0 Å². The minimum absolute atomic E-state index is 0.0251. The lowest BCUT2D eigenvalue weighted by molar-refractivity contribution is -0.116. The average Bonchev–Trinajstić information content (AvgIpc) is 3.45. The van der Waals surface area contributed by atoms with Crippen LogP contribution in [-0.4, -0.2) is 31.2 Å². The number of fused-ring (bicyclic) bond motifs is 1. The Bertz CT molecular complexity index is 1350. The van der Waals surface area contributed by atoms with Crippen molar-refractivity contribution in [1.82, 2.24) is 19.7 Å². The minimum Gasteiger partial charge on any atom is -0.350 e. The van der Waals surface area contributed by atoms with Gasteiger partial charge in [-0.05, 0) is 36.2 Å². The molecule has 6 nitrogen and oxygen atoms in total.